The summed E-state index contributed by atoms with van der Waals surface area (Å²) in [5, 5.41) is 32.4. The number of allylic oxidation sites excluding steroid dienone is 4. The van der Waals surface area contributed by atoms with Gasteiger partial charge in [0.15, 0.2) is 0 Å². The molecule has 0 aromatic carbocycles. The zero-order chi connectivity index (χ0) is 25.1. The summed E-state index contributed by atoms with van der Waals surface area (Å²) < 4.78 is 0. The number of carboxylic acid groups (broad SMARTS) is 1. The number of carboxylic acids is 1. The van der Waals surface area contributed by atoms with Crippen molar-refractivity contribution >= 4 is 5.97 Å². The maximum absolute atomic E-state index is 12.8. The van der Waals surface area contributed by atoms with Crippen LogP contribution in [0.25, 0.3) is 0 Å². The molecule has 3 N–H and O–H groups in total. The summed E-state index contributed by atoms with van der Waals surface area (Å²) in [7, 11) is 0. The first-order valence-corrected chi connectivity index (χ1v) is 13.6. The second kappa shape index (κ2) is 7.22. The normalized spacial score (nSPS) is 52.0. The molecule has 4 heteroatoms. The van der Waals surface area contributed by atoms with E-state index in [0.29, 0.717) is 18.3 Å². The van der Waals surface area contributed by atoms with Crippen molar-refractivity contribution in [2.45, 2.75) is 112 Å². The van der Waals surface area contributed by atoms with Gasteiger partial charge in [0.1, 0.15) is 0 Å². The van der Waals surface area contributed by atoms with E-state index < -0.39 is 23.6 Å². The molecular formula is C30H46O4. The molecule has 0 bridgehead atoms. The fourth-order valence-electron chi connectivity index (χ4n) is 10.6. The fraction of sp³-hybridized carbons (Fsp3) is 0.833. The second-order valence-corrected chi connectivity index (χ2v) is 14.2. The Bertz CT molecular complexity index is 976. The number of fused-ring (bicyclic) bond motifs is 7. The van der Waals surface area contributed by atoms with Crippen LogP contribution in [0.2, 0.25) is 0 Å². The van der Waals surface area contributed by atoms with Crippen LogP contribution in [0.4, 0.5) is 0 Å². The van der Waals surface area contributed by atoms with Crippen LogP contribution in [0.5, 0.6) is 0 Å². The number of aliphatic carboxylic acids is 1. The summed E-state index contributed by atoms with van der Waals surface area (Å²) in [6, 6.07) is 0. The van der Waals surface area contributed by atoms with Crippen LogP contribution in [0.3, 0.4) is 0 Å². The molecule has 0 aromatic rings. The SMILES string of the molecule is CC1=C(C)C2C3=CCC4C5(C)CC(O)C(O)C(C)(C)C5CCC4(C)C3(C)CCC2(C(=O)O)CC1. The third kappa shape index (κ3) is 2.71. The molecule has 0 heterocycles. The van der Waals surface area contributed by atoms with Crippen molar-refractivity contribution in [1.29, 1.82) is 0 Å². The molecule has 0 radical (unpaired) electrons. The smallest absolute Gasteiger partial charge is 0.310 e. The first kappa shape index (κ1) is 24.6. The van der Waals surface area contributed by atoms with Crippen LogP contribution in [-0.4, -0.2) is 33.5 Å². The molecule has 4 nitrogen and oxygen atoms in total. The minimum absolute atomic E-state index is 0.0102. The molecule has 0 aliphatic heterocycles. The van der Waals surface area contributed by atoms with E-state index in [1.54, 1.807) is 0 Å². The van der Waals surface area contributed by atoms with Crippen LogP contribution in [0, 0.1) is 44.8 Å². The maximum atomic E-state index is 12.8. The van der Waals surface area contributed by atoms with Gasteiger partial charge in [0.05, 0.1) is 17.6 Å². The standard InChI is InChI=1S/C30H46O4/c1-17-10-13-30(25(33)34)15-14-28(6)19(23(30)18(17)2)8-9-22-27(5)16-20(31)24(32)26(3,4)21(27)11-12-29(22,28)7/h8,20-24,31-32H,9-16H2,1-7H3,(H,33,34). The molecule has 5 aliphatic carbocycles. The molecule has 5 aliphatic rings. The quantitative estimate of drug-likeness (QED) is 0.403. The number of aliphatic hydroxyl groups is 2. The predicted molar refractivity (Wildman–Crippen MR) is 134 cm³/mol. The number of hydrogen-bond acceptors (Lipinski definition) is 3. The summed E-state index contributed by atoms with van der Waals surface area (Å²) in [5.41, 5.74) is 3.05. The van der Waals surface area contributed by atoms with Gasteiger partial charge >= 0.3 is 5.97 Å². The first-order chi connectivity index (χ1) is 15.7. The fourth-order valence-corrected chi connectivity index (χ4v) is 10.6. The van der Waals surface area contributed by atoms with Gasteiger partial charge in [-0.1, -0.05) is 57.4 Å². The average molecular weight is 471 g/mol. The van der Waals surface area contributed by atoms with E-state index in [4.69, 9.17) is 0 Å². The van der Waals surface area contributed by atoms with E-state index in [1.807, 2.05) is 0 Å². The molecule has 9 atom stereocenters. The van der Waals surface area contributed by atoms with Gasteiger partial charge in [0, 0.05) is 5.92 Å². The largest absolute Gasteiger partial charge is 0.481 e. The minimum atomic E-state index is -0.686. The molecule has 0 amide bonds. The van der Waals surface area contributed by atoms with E-state index in [9.17, 15) is 20.1 Å². The van der Waals surface area contributed by atoms with Gasteiger partial charge in [-0.05, 0) is 98.7 Å². The van der Waals surface area contributed by atoms with Gasteiger partial charge in [0.25, 0.3) is 0 Å². The van der Waals surface area contributed by atoms with Crippen molar-refractivity contribution in [3.63, 3.8) is 0 Å². The zero-order valence-electron chi connectivity index (χ0n) is 22.4. The van der Waals surface area contributed by atoms with E-state index in [0.717, 1.165) is 44.9 Å². The average Bonchev–Trinajstić information content (AvgIpc) is 2.75. The van der Waals surface area contributed by atoms with Crippen LogP contribution in [0.15, 0.2) is 22.8 Å². The predicted octanol–water partition coefficient (Wildman–Crippen LogP) is 6.12. The summed E-state index contributed by atoms with van der Waals surface area (Å²) >= 11 is 0. The number of aliphatic hydroxyl groups excluding tert-OH is 2. The Balaban J connectivity index is 1.65. The molecule has 0 spiro atoms. The summed E-state index contributed by atoms with van der Waals surface area (Å²) in [6.45, 7) is 16.0. The lowest BCUT2D eigenvalue weighted by Crippen LogP contribution is -2.66. The monoisotopic (exact) mass is 470 g/mol. The highest BCUT2D eigenvalue weighted by Crippen LogP contribution is 2.75. The van der Waals surface area contributed by atoms with E-state index in [2.05, 4.69) is 54.5 Å². The molecule has 34 heavy (non-hydrogen) atoms. The van der Waals surface area contributed by atoms with E-state index >= 15 is 0 Å². The second-order valence-electron chi connectivity index (χ2n) is 14.2. The molecule has 3 saturated carbocycles. The van der Waals surface area contributed by atoms with Crippen molar-refractivity contribution in [2.24, 2.45) is 44.8 Å². The van der Waals surface area contributed by atoms with Crippen LogP contribution >= 0.6 is 0 Å². The van der Waals surface area contributed by atoms with Crippen molar-refractivity contribution in [3.8, 4) is 0 Å². The Kier molecular flexibility index (Phi) is 5.21. The number of rotatable bonds is 1. The molecular weight excluding hydrogens is 424 g/mol. The highest BCUT2D eigenvalue weighted by atomic mass is 16.4. The maximum Gasteiger partial charge on any atom is 0.310 e. The van der Waals surface area contributed by atoms with Gasteiger partial charge in [-0.2, -0.15) is 0 Å². The van der Waals surface area contributed by atoms with Crippen LogP contribution in [0.1, 0.15) is 99.8 Å². The topological polar surface area (TPSA) is 77.8 Å². The van der Waals surface area contributed by atoms with Gasteiger partial charge in [-0.25, -0.2) is 0 Å². The Labute approximate surface area is 205 Å². The third-order valence-electron chi connectivity index (χ3n) is 12.9. The van der Waals surface area contributed by atoms with E-state index in [-0.39, 0.29) is 27.6 Å². The Morgan fingerprint density at radius 3 is 2.29 bits per heavy atom. The van der Waals surface area contributed by atoms with Gasteiger partial charge < -0.3 is 15.3 Å². The summed E-state index contributed by atoms with van der Waals surface area (Å²) in [4.78, 5) is 12.8. The molecule has 190 valence electrons. The minimum Gasteiger partial charge on any atom is -0.481 e. The molecule has 3 fully saturated rings. The highest BCUT2D eigenvalue weighted by Gasteiger charge is 2.69. The van der Waals surface area contributed by atoms with Crippen LogP contribution in [-0.2, 0) is 4.79 Å². The Morgan fingerprint density at radius 1 is 0.971 bits per heavy atom. The van der Waals surface area contributed by atoms with Crippen molar-refractivity contribution in [1.82, 2.24) is 0 Å². The lowest BCUT2D eigenvalue weighted by Gasteiger charge is -2.71. The van der Waals surface area contributed by atoms with E-state index in [1.165, 1.54) is 16.7 Å². The van der Waals surface area contributed by atoms with Crippen molar-refractivity contribution in [3.05, 3.63) is 22.8 Å². The van der Waals surface area contributed by atoms with Crippen LogP contribution < -0.4 is 0 Å². The lowest BCUT2D eigenvalue weighted by atomic mass is 9.33. The lowest BCUT2D eigenvalue weighted by molar-refractivity contribution is -0.230. The third-order valence-corrected chi connectivity index (χ3v) is 12.9. The molecule has 9 unspecified atom stereocenters. The Hall–Kier alpha value is -1.13. The molecule has 5 rings (SSSR count). The zero-order valence-corrected chi connectivity index (χ0v) is 22.4. The number of carbonyl (C=O) groups is 1. The summed E-state index contributed by atoms with van der Waals surface area (Å²) in [5.74, 6) is 0.188. The molecule has 0 aromatic heterocycles. The molecule has 0 saturated heterocycles. The highest BCUT2D eigenvalue weighted by molar-refractivity contribution is 5.78. The van der Waals surface area contributed by atoms with Gasteiger partial charge in [0.2, 0.25) is 0 Å². The van der Waals surface area contributed by atoms with Crippen molar-refractivity contribution in [2.75, 3.05) is 0 Å². The first-order valence-electron chi connectivity index (χ1n) is 13.6. The van der Waals surface area contributed by atoms with Crippen molar-refractivity contribution < 1.29 is 20.1 Å². The summed E-state index contributed by atoms with van der Waals surface area (Å²) in [6.07, 6.45) is 8.19. The Morgan fingerprint density at radius 2 is 1.65 bits per heavy atom. The van der Waals surface area contributed by atoms with Gasteiger partial charge in [-0.15, -0.1) is 0 Å². The number of hydrogen-bond donors (Lipinski definition) is 3. The van der Waals surface area contributed by atoms with Gasteiger partial charge in [-0.3, -0.25) is 4.79 Å².